The van der Waals surface area contributed by atoms with Crippen LogP contribution in [0.2, 0.25) is 0 Å². The van der Waals surface area contributed by atoms with Gasteiger partial charge in [0.25, 0.3) is 5.91 Å². The molecule has 5 rings (SSSR count). The molecule has 1 saturated heterocycles. The number of benzene rings is 1. The summed E-state index contributed by atoms with van der Waals surface area (Å²) in [7, 11) is 0. The van der Waals surface area contributed by atoms with Gasteiger partial charge in [0, 0.05) is 42.4 Å². The SMILES string of the molecule is Cc1cc(NC(=O)c2cncc(C#Cc3cnc4cccnn34)c2)ccc1CN1CCC(N)CC1. The van der Waals surface area contributed by atoms with Crippen LogP contribution in [-0.2, 0) is 6.54 Å². The fourth-order valence-electron chi connectivity index (χ4n) is 4.19. The molecule has 0 saturated carbocycles. The number of pyridine rings is 1. The molecule has 0 bridgehead atoms. The van der Waals surface area contributed by atoms with E-state index in [0.29, 0.717) is 22.9 Å². The molecule has 1 aliphatic heterocycles. The van der Waals surface area contributed by atoms with Crippen molar-refractivity contribution in [3.63, 3.8) is 0 Å². The van der Waals surface area contributed by atoms with Crippen LogP contribution in [0, 0.1) is 18.8 Å². The van der Waals surface area contributed by atoms with Crippen LogP contribution in [0.25, 0.3) is 5.65 Å². The van der Waals surface area contributed by atoms with Gasteiger partial charge in [-0.05, 0) is 80.2 Å². The van der Waals surface area contributed by atoms with Crippen LogP contribution in [-0.4, -0.2) is 49.5 Å². The van der Waals surface area contributed by atoms with Crippen LogP contribution < -0.4 is 11.1 Å². The van der Waals surface area contributed by atoms with Crippen molar-refractivity contribution in [3.8, 4) is 11.8 Å². The third-order valence-electron chi connectivity index (χ3n) is 6.24. The van der Waals surface area contributed by atoms with Crippen LogP contribution in [0.15, 0.2) is 61.2 Å². The molecule has 0 unspecified atom stereocenters. The Morgan fingerprint density at radius 1 is 1.14 bits per heavy atom. The van der Waals surface area contributed by atoms with Gasteiger partial charge in [-0.1, -0.05) is 12.0 Å². The third-order valence-corrected chi connectivity index (χ3v) is 6.24. The molecule has 176 valence electrons. The van der Waals surface area contributed by atoms with Gasteiger partial charge in [-0.25, -0.2) is 9.50 Å². The van der Waals surface area contributed by atoms with Crippen molar-refractivity contribution in [1.29, 1.82) is 0 Å². The summed E-state index contributed by atoms with van der Waals surface area (Å²) in [6.07, 6.45) is 8.61. The van der Waals surface area contributed by atoms with Crippen LogP contribution >= 0.6 is 0 Å². The van der Waals surface area contributed by atoms with Crippen molar-refractivity contribution in [2.45, 2.75) is 32.4 Å². The molecule has 1 aliphatic rings. The zero-order chi connectivity index (χ0) is 24.2. The highest BCUT2D eigenvalue weighted by Gasteiger charge is 2.17. The van der Waals surface area contributed by atoms with Gasteiger partial charge in [0.2, 0.25) is 0 Å². The summed E-state index contributed by atoms with van der Waals surface area (Å²) < 4.78 is 1.67. The number of imidazole rings is 1. The number of fused-ring (bicyclic) bond motifs is 1. The minimum absolute atomic E-state index is 0.227. The van der Waals surface area contributed by atoms with Gasteiger partial charge in [-0.15, -0.1) is 0 Å². The van der Waals surface area contributed by atoms with E-state index in [4.69, 9.17) is 5.73 Å². The highest BCUT2D eigenvalue weighted by molar-refractivity contribution is 6.04. The van der Waals surface area contributed by atoms with Crippen molar-refractivity contribution >= 4 is 17.2 Å². The molecule has 0 spiro atoms. The van der Waals surface area contributed by atoms with E-state index in [9.17, 15) is 4.79 Å². The van der Waals surface area contributed by atoms with Crippen molar-refractivity contribution in [2.75, 3.05) is 18.4 Å². The summed E-state index contributed by atoms with van der Waals surface area (Å²) in [5, 5.41) is 7.23. The van der Waals surface area contributed by atoms with E-state index >= 15 is 0 Å². The number of likely N-dealkylation sites (tertiary alicyclic amines) is 1. The molecule has 0 radical (unpaired) electrons. The van der Waals surface area contributed by atoms with E-state index in [1.807, 2.05) is 24.3 Å². The first kappa shape index (κ1) is 22.7. The number of anilines is 1. The number of aromatic nitrogens is 4. The Bertz CT molecular complexity index is 1420. The summed E-state index contributed by atoms with van der Waals surface area (Å²) >= 11 is 0. The van der Waals surface area contributed by atoms with Gasteiger partial charge in [-0.3, -0.25) is 14.7 Å². The maximum atomic E-state index is 12.9. The van der Waals surface area contributed by atoms with Crippen molar-refractivity contribution < 1.29 is 4.79 Å². The summed E-state index contributed by atoms with van der Waals surface area (Å²) in [4.78, 5) is 23.8. The monoisotopic (exact) mass is 465 g/mol. The topological polar surface area (TPSA) is 101 Å². The Balaban J connectivity index is 1.26. The van der Waals surface area contributed by atoms with Crippen LogP contribution in [0.1, 0.15) is 45.6 Å². The molecule has 1 amide bonds. The van der Waals surface area contributed by atoms with Gasteiger partial charge in [0.15, 0.2) is 5.65 Å². The van der Waals surface area contributed by atoms with Crippen molar-refractivity contribution in [3.05, 3.63) is 89.1 Å². The lowest BCUT2D eigenvalue weighted by atomic mass is 10.0. The molecule has 1 aromatic carbocycles. The lowest BCUT2D eigenvalue weighted by Crippen LogP contribution is -2.39. The van der Waals surface area contributed by atoms with E-state index in [0.717, 1.165) is 49.4 Å². The van der Waals surface area contributed by atoms with E-state index in [1.165, 1.54) is 5.56 Å². The number of hydrogen-bond acceptors (Lipinski definition) is 6. The number of rotatable bonds is 4. The number of nitrogens with zero attached hydrogens (tertiary/aromatic N) is 5. The molecule has 3 N–H and O–H groups in total. The lowest BCUT2D eigenvalue weighted by molar-refractivity contribution is 0.102. The van der Waals surface area contributed by atoms with Crippen LogP contribution in [0.4, 0.5) is 5.69 Å². The number of nitrogens with two attached hydrogens (primary N) is 1. The highest BCUT2D eigenvalue weighted by atomic mass is 16.1. The third kappa shape index (κ3) is 5.38. The Kier molecular flexibility index (Phi) is 6.53. The first-order chi connectivity index (χ1) is 17.0. The predicted octanol–water partition coefficient (Wildman–Crippen LogP) is 3.01. The number of amides is 1. The second-order valence-electron chi connectivity index (χ2n) is 8.86. The lowest BCUT2D eigenvalue weighted by Gasteiger charge is -2.30. The van der Waals surface area contributed by atoms with E-state index in [1.54, 1.807) is 35.4 Å². The normalized spacial score (nSPS) is 14.5. The standard InChI is InChI=1S/C27H27N7O/c1-19-13-24(6-5-21(19)18-33-11-8-23(28)9-12-33)32-27(35)22-14-20(15-29-16-22)4-7-25-17-30-26-3-2-10-31-34(25)26/h2-3,5-6,10,13-17,23H,8-9,11-12,18,28H2,1H3,(H,32,35). The van der Waals surface area contributed by atoms with Crippen molar-refractivity contribution in [1.82, 2.24) is 24.5 Å². The Morgan fingerprint density at radius 3 is 2.83 bits per heavy atom. The number of piperidine rings is 1. The maximum Gasteiger partial charge on any atom is 0.257 e. The number of carbonyl (C=O) groups is 1. The molecular weight excluding hydrogens is 438 g/mol. The second kappa shape index (κ2) is 10.1. The average Bonchev–Trinajstić information content (AvgIpc) is 3.29. The first-order valence-electron chi connectivity index (χ1n) is 11.7. The predicted molar refractivity (Wildman–Crippen MR) is 135 cm³/mol. The maximum absolute atomic E-state index is 12.9. The highest BCUT2D eigenvalue weighted by Crippen LogP contribution is 2.20. The zero-order valence-corrected chi connectivity index (χ0v) is 19.6. The molecular formula is C27H27N7O. The number of nitrogens with one attached hydrogen (secondary N) is 1. The number of aryl methyl sites for hydroxylation is 1. The molecule has 8 heteroatoms. The molecule has 4 aromatic rings. The second-order valence-corrected chi connectivity index (χ2v) is 8.86. The molecule has 4 heterocycles. The quantitative estimate of drug-likeness (QED) is 0.450. The Labute approximate surface area is 204 Å². The Morgan fingerprint density at radius 2 is 2.00 bits per heavy atom. The Hall–Kier alpha value is -4.06. The fraction of sp³-hybridized carbons (Fsp3) is 0.259. The van der Waals surface area contributed by atoms with E-state index < -0.39 is 0 Å². The molecule has 3 aromatic heterocycles. The summed E-state index contributed by atoms with van der Waals surface area (Å²) in [5.41, 5.74) is 11.7. The zero-order valence-electron chi connectivity index (χ0n) is 19.6. The minimum Gasteiger partial charge on any atom is -0.328 e. The van der Waals surface area contributed by atoms with Crippen molar-refractivity contribution in [2.24, 2.45) is 5.73 Å². The molecule has 35 heavy (non-hydrogen) atoms. The fourth-order valence-corrected chi connectivity index (χ4v) is 4.19. The average molecular weight is 466 g/mol. The van der Waals surface area contributed by atoms with Crippen LogP contribution in [0.3, 0.4) is 0 Å². The van der Waals surface area contributed by atoms with E-state index in [2.05, 4.69) is 50.1 Å². The van der Waals surface area contributed by atoms with Gasteiger partial charge < -0.3 is 11.1 Å². The number of carbonyl (C=O) groups excluding carboxylic acids is 1. The van der Waals surface area contributed by atoms with Gasteiger partial charge in [-0.2, -0.15) is 5.10 Å². The summed E-state index contributed by atoms with van der Waals surface area (Å²) in [6.45, 7) is 5.03. The molecule has 0 atom stereocenters. The number of hydrogen-bond donors (Lipinski definition) is 2. The molecule has 1 fully saturated rings. The largest absolute Gasteiger partial charge is 0.328 e. The summed E-state index contributed by atoms with van der Waals surface area (Å²) in [6, 6.07) is 11.8. The molecule has 8 nitrogen and oxygen atoms in total. The van der Waals surface area contributed by atoms with Gasteiger partial charge >= 0.3 is 0 Å². The van der Waals surface area contributed by atoms with E-state index in [-0.39, 0.29) is 5.91 Å². The first-order valence-corrected chi connectivity index (χ1v) is 11.7. The smallest absolute Gasteiger partial charge is 0.257 e. The summed E-state index contributed by atoms with van der Waals surface area (Å²) in [5.74, 6) is 5.88. The molecule has 0 aliphatic carbocycles. The van der Waals surface area contributed by atoms with Gasteiger partial charge in [0.05, 0.1) is 11.8 Å². The van der Waals surface area contributed by atoms with Crippen LogP contribution in [0.5, 0.6) is 0 Å². The minimum atomic E-state index is -0.227. The van der Waals surface area contributed by atoms with Gasteiger partial charge in [0.1, 0.15) is 5.69 Å².